The number of halogens is 2. The van der Waals surface area contributed by atoms with Gasteiger partial charge in [-0.1, -0.05) is 12.1 Å². The van der Waals surface area contributed by atoms with E-state index < -0.39 is 12.0 Å². The van der Waals surface area contributed by atoms with Crippen LogP contribution in [0.15, 0.2) is 24.3 Å². The molecule has 0 saturated carbocycles. The van der Waals surface area contributed by atoms with Crippen LogP contribution in [0.3, 0.4) is 0 Å². The number of hydrogen-bond donors (Lipinski definition) is 1. The zero-order valence-corrected chi connectivity index (χ0v) is 9.09. The molecule has 1 aromatic carbocycles. The van der Waals surface area contributed by atoms with Crippen molar-refractivity contribution in [1.82, 2.24) is 0 Å². The van der Waals surface area contributed by atoms with Crippen LogP contribution in [0.1, 0.15) is 12.5 Å². The molecule has 0 amide bonds. The van der Waals surface area contributed by atoms with E-state index >= 15 is 0 Å². The molecule has 5 heteroatoms. The topological polar surface area (TPSA) is 52.3 Å². The second-order valence-electron chi connectivity index (χ2n) is 3.02. The van der Waals surface area contributed by atoms with Crippen molar-refractivity contribution in [3.05, 3.63) is 35.6 Å². The number of carbonyl (C=O) groups excluding carboxylic acids is 1. The first-order valence-electron chi connectivity index (χ1n) is 4.26. The van der Waals surface area contributed by atoms with Gasteiger partial charge >= 0.3 is 5.97 Å². The summed E-state index contributed by atoms with van der Waals surface area (Å²) in [7, 11) is 0. The molecule has 0 aromatic heterocycles. The number of ether oxygens (including phenoxy) is 1. The van der Waals surface area contributed by atoms with Crippen LogP contribution in [0, 0.1) is 5.82 Å². The summed E-state index contributed by atoms with van der Waals surface area (Å²) in [5.74, 6) is -0.776. The molecule has 0 fully saturated rings. The number of carbonyl (C=O) groups is 1. The van der Waals surface area contributed by atoms with E-state index in [4.69, 9.17) is 10.5 Å². The maximum atomic E-state index is 12.5. The fraction of sp³-hybridized carbons (Fsp3) is 0.300. The maximum Gasteiger partial charge on any atom is 0.322 e. The highest BCUT2D eigenvalue weighted by Gasteiger charge is 2.08. The number of hydrogen-bond acceptors (Lipinski definition) is 3. The molecule has 0 aliphatic carbocycles. The number of rotatable bonds is 3. The molecule has 0 unspecified atom stereocenters. The van der Waals surface area contributed by atoms with Gasteiger partial charge in [0.1, 0.15) is 18.5 Å². The highest BCUT2D eigenvalue weighted by molar-refractivity contribution is 5.85. The third-order valence-electron chi connectivity index (χ3n) is 1.67. The fourth-order valence-corrected chi connectivity index (χ4v) is 0.867. The normalized spacial score (nSPS) is 11.4. The van der Waals surface area contributed by atoms with Crippen LogP contribution in [0.25, 0.3) is 0 Å². The molecule has 1 rings (SSSR count). The number of nitrogens with two attached hydrogens (primary N) is 1. The van der Waals surface area contributed by atoms with Crippen molar-refractivity contribution in [2.75, 3.05) is 0 Å². The molecule has 1 atom stereocenters. The van der Waals surface area contributed by atoms with Gasteiger partial charge < -0.3 is 10.5 Å². The van der Waals surface area contributed by atoms with E-state index in [1.54, 1.807) is 19.1 Å². The molecule has 3 nitrogen and oxygen atoms in total. The van der Waals surface area contributed by atoms with Crippen molar-refractivity contribution in [3.63, 3.8) is 0 Å². The Hall–Kier alpha value is -1.13. The highest BCUT2D eigenvalue weighted by Crippen LogP contribution is 2.04. The van der Waals surface area contributed by atoms with Crippen LogP contribution in [0.5, 0.6) is 0 Å². The van der Waals surface area contributed by atoms with E-state index in [2.05, 4.69) is 0 Å². The molecule has 2 N–H and O–H groups in total. The Balaban J connectivity index is 0.00000196. The second-order valence-corrected chi connectivity index (χ2v) is 3.02. The lowest BCUT2D eigenvalue weighted by molar-refractivity contribution is -0.146. The van der Waals surface area contributed by atoms with Gasteiger partial charge in [-0.05, 0) is 24.6 Å². The smallest absolute Gasteiger partial charge is 0.322 e. The van der Waals surface area contributed by atoms with E-state index in [1.807, 2.05) is 0 Å². The largest absolute Gasteiger partial charge is 0.460 e. The van der Waals surface area contributed by atoms with Crippen LogP contribution in [0.4, 0.5) is 4.39 Å². The summed E-state index contributed by atoms with van der Waals surface area (Å²) in [6.07, 6.45) is 0. The standard InChI is InChI=1S/C10H12FNO2.ClH/c1-7(12)10(13)14-6-8-2-4-9(11)5-3-8;/h2-5,7H,6,12H2,1H3;1H/t7-;/m0./s1. The van der Waals surface area contributed by atoms with Gasteiger partial charge in [0.15, 0.2) is 0 Å². The van der Waals surface area contributed by atoms with Crippen LogP contribution < -0.4 is 5.73 Å². The van der Waals surface area contributed by atoms with Crippen molar-refractivity contribution in [1.29, 1.82) is 0 Å². The lowest BCUT2D eigenvalue weighted by Crippen LogP contribution is -2.28. The Kier molecular flexibility index (Phi) is 5.89. The Morgan fingerprint density at radius 3 is 2.47 bits per heavy atom. The summed E-state index contributed by atoms with van der Waals surface area (Å²) in [4.78, 5) is 11.0. The third kappa shape index (κ3) is 4.76. The van der Waals surface area contributed by atoms with Gasteiger partial charge in [-0.2, -0.15) is 0 Å². The molecule has 0 heterocycles. The molecule has 0 bridgehead atoms. The quantitative estimate of drug-likeness (QED) is 0.808. The average molecular weight is 234 g/mol. The van der Waals surface area contributed by atoms with Crippen molar-refractivity contribution < 1.29 is 13.9 Å². The van der Waals surface area contributed by atoms with Crippen LogP contribution >= 0.6 is 12.4 Å². The first-order valence-corrected chi connectivity index (χ1v) is 4.26. The van der Waals surface area contributed by atoms with E-state index in [-0.39, 0.29) is 24.8 Å². The first-order chi connectivity index (χ1) is 6.59. The highest BCUT2D eigenvalue weighted by atomic mass is 35.5. The Bertz CT molecular complexity index is 314. The third-order valence-corrected chi connectivity index (χ3v) is 1.67. The van der Waals surface area contributed by atoms with Gasteiger partial charge in [0, 0.05) is 0 Å². The molecule has 84 valence electrons. The van der Waals surface area contributed by atoms with E-state index in [1.165, 1.54) is 12.1 Å². The van der Waals surface area contributed by atoms with E-state index in [9.17, 15) is 9.18 Å². The summed E-state index contributed by atoms with van der Waals surface area (Å²) >= 11 is 0. The fourth-order valence-electron chi connectivity index (χ4n) is 0.867. The summed E-state index contributed by atoms with van der Waals surface area (Å²) in [6.45, 7) is 1.67. The predicted molar refractivity (Wildman–Crippen MR) is 57.1 cm³/mol. The van der Waals surface area contributed by atoms with Gasteiger partial charge in [0.25, 0.3) is 0 Å². The Morgan fingerprint density at radius 1 is 1.47 bits per heavy atom. The maximum absolute atomic E-state index is 12.5. The average Bonchev–Trinajstić information content (AvgIpc) is 2.16. The predicted octanol–water partition coefficient (Wildman–Crippen LogP) is 1.64. The minimum absolute atomic E-state index is 0. The van der Waals surface area contributed by atoms with Crippen LogP contribution in [-0.2, 0) is 16.1 Å². The Morgan fingerprint density at radius 2 is 2.00 bits per heavy atom. The molecule has 0 saturated heterocycles. The number of esters is 1. The zero-order valence-electron chi connectivity index (χ0n) is 8.27. The van der Waals surface area contributed by atoms with Gasteiger partial charge in [-0.3, -0.25) is 4.79 Å². The van der Waals surface area contributed by atoms with Crippen LogP contribution in [0.2, 0.25) is 0 Å². The minimum Gasteiger partial charge on any atom is -0.460 e. The van der Waals surface area contributed by atoms with Crippen molar-refractivity contribution in [2.45, 2.75) is 19.6 Å². The second kappa shape index (κ2) is 6.37. The minimum atomic E-state index is -0.629. The summed E-state index contributed by atoms with van der Waals surface area (Å²) < 4.78 is 17.3. The molecule has 0 aliphatic rings. The van der Waals surface area contributed by atoms with Gasteiger partial charge in [0.05, 0.1) is 0 Å². The monoisotopic (exact) mass is 233 g/mol. The molecule has 0 aliphatic heterocycles. The lowest BCUT2D eigenvalue weighted by atomic mass is 10.2. The summed E-state index contributed by atoms with van der Waals surface area (Å²) in [6, 6.07) is 5.12. The first kappa shape index (κ1) is 13.9. The zero-order chi connectivity index (χ0) is 10.6. The SMILES string of the molecule is C[C@H](N)C(=O)OCc1ccc(F)cc1.Cl. The molecule has 0 spiro atoms. The van der Waals surface area contributed by atoms with Gasteiger partial charge in [-0.15, -0.1) is 12.4 Å². The number of benzene rings is 1. The van der Waals surface area contributed by atoms with Crippen molar-refractivity contribution in [3.8, 4) is 0 Å². The van der Waals surface area contributed by atoms with Crippen LogP contribution in [-0.4, -0.2) is 12.0 Å². The van der Waals surface area contributed by atoms with E-state index in [0.29, 0.717) is 0 Å². The van der Waals surface area contributed by atoms with E-state index in [0.717, 1.165) is 5.56 Å². The van der Waals surface area contributed by atoms with Crippen molar-refractivity contribution >= 4 is 18.4 Å². The Labute approximate surface area is 93.8 Å². The van der Waals surface area contributed by atoms with Gasteiger partial charge in [-0.25, -0.2) is 4.39 Å². The lowest BCUT2D eigenvalue weighted by Gasteiger charge is -2.06. The molecular weight excluding hydrogens is 221 g/mol. The van der Waals surface area contributed by atoms with Gasteiger partial charge in [0.2, 0.25) is 0 Å². The molecule has 15 heavy (non-hydrogen) atoms. The molecular formula is C10H13ClFNO2. The molecule has 0 radical (unpaired) electrons. The summed E-state index contributed by atoms with van der Waals surface area (Å²) in [5.41, 5.74) is 6.03. The summed E-state index contributed by atoms with van der Waals surface area (Å²) in [5, 5.41) is 0. The van der Waals surface area contributed by atoms with Crippen molar-refractivity contribution in [2.24, 2.45) is 5.73 Å². The molecule has 1 aromatic rings.